The number of amides is 1. The van der Waals surface area contributed by atoms with Crippen LogP contribution in [0.2, 0.25) is 36.3 Å². The number of methoxy groups -OCH3 is 7. The number of aliphatic hydroxyl groups excluding tert-OH is 8. The largest absolute Gasteiger partial charge is 0.497 e. The van der Waals surface area contributed by atoms with Crippen LogP contribution in [-0.4, -0.2) is 237 Å². The molecule has 14 aliphatic rings. The van der Waals surface area contributed by atoms with Crippen LogP contribution in [0.5, 0.6) is 0 Å². The van der Waals surface area contributed by atoms with Crippen LogP contribution in [-0.2, 0) is 114 Å². The average Bonchev–Trinajstić information content (AvgIpc) is 1.58. The Hall–Kier alpha value is -8.86. The van der Waals surface area contributed by atoms with E-state index in [4.69, 9.17) is 66.4 Å². The van der Waals surface area contributed by atoms with E-state index in [9.17, 15) is 73.8 Å². The second-order valence-corrected chi connectivity index (χ2v) is 46.2. The molecule has 0 saturated heterocycles. The van der Waals surface area contributed by atoms with Crippen LogP contribution in [0.1, 0.15) is 114 Å². The van der Waals surface area contributed by atoms with E-state index < -0.39 is 83.3 Å². The summed E-state index contributed by atoms with van der Waals surface area (Å²) in [7, 11) is 5.57. The molecule has 7 aliphatic carbocycles. The number of fused-ring (bicyclic) bond motifs is 7. The third-order valence-electron chi connectivity index (χ3n) is 27.8. The van der Waals surface area contributed by atoms with E-state index in [0.29, 0.717) is 102 Å². The topological polar surface area (TPSA) is 466 Å². The molecule has 700 valence electrons. The highest BCUT2D eigenvalue weighted by Crippen LogP contribution is 2.52. The van der Waals surface area contributed by atoms with Crippen LogP contribution in [0.4, 0.5) is 0 Å². The van der Waals surface area contributed by atoms with E-state index in [-0.39, 0.29) is 155 Å². The zero-order valence-corrected chi connectivity index (χ0v) is 78.1. The number of carbonyl (C=O) groups is 9. The number of aliphatic hydroxyl groups is 8. The van der Waals surface area contributed by atoms with Crippen molar-refractivity contribution in [2.75, 3.05) is 82.8 Å². The molecule has 9 N–H and O–H groups in total. The van der Waals surface area contributed by atoms with Crippen molar-refractivity contribution in [2.24, 2.45) is 94.7 Å². The minimum absolute atomic E-state index is 0.000642. The van der Waals surface area contributed by atoms with Gasteiger partial charge in [-0.25, -0.2) is 33.6 Å². The van der Waals surface area contributed by atoms with Crippen molar-refractivity contribution in [2.45, 2.75) is 194 Å². The highest BCUT2D eigenvalue weighted by atomic mass is 28.4. The number of allylic oxidation sites excluding steroid dienone is 5. The average molecular weight is 1810 g/mol. The van der Waals surface area contributed by atoms with Crippen LogP contribution >= 0.6 is 0 Å². The molecule has 33 nitrogen and oxygen atoms in total. The quantitative estimate of drug-likeness (QED) is 0.0306. The van der Waals surface area contributed by atoms with Crippen molar-refractivity contribution in [3.63, 3.8) is 0 Å². The minimum Gasteiger partial charge on any atom is -0.497 e. The predicted molar refractivity (Wildman–Crippen MR) is 457 cm³/mol. The van der Waals surface area contributed by atoms with Crippen LogP contribution in [0.3, 0.4) is 0 Å². The van der Waals surface area contributed by atoms with Crippen LogP contribution in [0.15, 0.2) is 141 Å². The van der Waals surface area contributed by atoms with Gasteiger partial charge in [0, 0.05) is 65.4 Å². The minimum atomic E-state index is -1.90. The number of carbonyl (C=O) groups excluding carboxylic acids is 9. The molecule has 2 fully saturated rings. The highest BCUT2D eigenvalue weighted by Gasteiger charge is 2.54. The zero-order valence-electron chi connectivity index (χ0n) is 76.1. The van der Waals surface area contributed by atoms with Gasteiger partial charge in [0.1, 0.15) is 12.4 Å². The normalized spacial score (nSPS) is 31.9. The van der Waals surface area contributed by atoms with Gasteiger partial charge in [-0.1, -0.05) is 85.8 Å². The summed E-state index contributed by atoms with van der Waals surface area (Å²) in [4.78, 5) is 105. The summed E-state index contributed by atoms with van der Waals surface area (Å²) in [5.74, 6) is -5.29. The van der Waals surface area contributed by atoms with Gasteiger partial charge >= 0.3 is 47.8 Å². The Kier molecular flexibility index (Phi) is 35.8. The van der Waals surface area contributed by atoms with Crippen LogP contribution < -0.4 is 5.32 Å². The van der Waals surface area contributed by atoms with Gasteiger partial charge in [-0.3, -0.25) is 9.59 Å². The Morgan fingerprint density at radius 3 is 1.13 bits per heavy atom. The molecule has 23 atom stereocenters. The van der Waals surface area contributed by atoms with Crippen molar-refractivity contribution in [3.05, 3.63) is 141 Å². The standard InChI is InChI=1S/C17H28O5Si.C17H26O5Si.C12H18O4.C12H16O4.C11H13NO4.C11H16O5.C11H14O5/c2*1-17(2,3)23(5,6)22-9-11-7-8-12-13(15(18)20-4)10-21-16(19)14(11)12;1-6-10(13)4-8-9(12(14)15-3)5-16-7(2)11(6)8;1-7-11-8(5-13)3-4-9(11)10(6-16-7)12(14)15-2;1-16-11(15)8-4-12-10(14)9-6(5-13)2-3-7(8)9;1-5-8(12)3-6-7(10(13)15-2)4-16-11(14)9(5)6;1-15-10(13)8-5-16-11(14)9-6(4-12)2-3-7(8)9/h7,10,12,14,16,19H,8-9H2,1-6H3;7,10,12,14H,8-9H2,1-6H3;5-8,10-11,13H,4H2,1-3H3;3,6-7,9,11,13H,4-5H2,1-2H3;2,4,7,9,13H,3,5H2,1H3,(H,12,14);4-6,8-9,11-12,14H,3H2,1-2H3;2,5,7,9,11-12,14H,3-4H2,1H3/t12-,14-,16-;12-,14-;6-,7-,8+,10-,11-;7-,9+,11+;7-,9-;5-,6+,8-,9+,11+;7-,9-,11-/m1100101/s1. The van der Waals surface area contributed by atoms with Crippen molar-refractivity contribution < 1.29 is 154 Å². The lowest BCUT2D eigenvalue weighted by atomic mass is 9.80. The van der Waals surface area contributed by atoms with Gasteiger partial charge in [0.25, 0.3) is 0 Å². The molecule has 0 radical (unpaired) electrons. The van der Waals surface area contributed by atoms with E-state index >= 15 is 0 Å². The van der Waals surface area contributed by atoms with Crippen molar-refractivity contribution in [1.82, 2.24) is 5.32 Å². The SMILES string of the molecule is COC(=O)C1=CNC(=O)[C@@H]2C(CO)=CC[C@H]12.COC(=O)C1=COC(=O)[C@@H]2C(CO[Si](C)(C)C(C)(C)C)=CC[C@H]12.COC(=O)C1=CO[C@@H](C)[C@@H]2C(CO)=CC[C@H]12.COC(=O)C1=CO[C@@H](C)[C@@H]2[C@@H](C)[C@@H](O)C[C@H]12.COC(=O)C1=CO[C@@H](O)[C@@H]2C(CO)=CC[C@H]12.COC(=O)C1=CO[C@@H](O)[C@@H]2C(CO[Si](C)(C)C(C)(C)C)=CC[C@H]12.COC(=O)C1=CO[C@@H](O)[C@@H]2[C@@H](C)[C@@H](O)C[C@H]12. The molecule has 0 aromatic heterocycles. The first-order valence-electron chi connectivity index (χ1n) is 42.6. The van der Waals surface area contributed by atoms with Crippen molar-refractivity contribution in [1.29, 1.82) is 0 Å². The third kappa shape index (κ3) is 22.7. The predicted octanol–water partition coefficient (Wildman–Crippen LogP) is 7.97. The fourth-order valence-corrected chi connectivity index (χ4v) is 20.3. The van der Waals surface area contributed by atoms with E-state index in [1.807, 2.05) is 52.0 Å². The number of rotatable bonds is 16. The Morgan fingerprint density at radius 2 is 0.706 bits per heavy atom. The molecular formula is C91H131NO32Si2. The van der Waals surface area contributed by atoms with E-state index in [0.717, 1.165) is 23.1 Å². The van der Waals surface area contributed by atoms with E-state index in [2.05, 4.69) is 93.3 Å². The molecule has 2 saturated carbocycles. The molecule has 0 spiro atoms. The molecule has 14 rings (SSSR count). The van der Waals surface area contributed by atoms with Crippen molar-refractivity contribution >= 4 is 70.3 Å². The lowest BCUT2D eigenvalue weighted by molar-refractivity contribution is -0.147. The summed E-state index contributed by atoms with van der Waals surface area (Å²) in [6.45, 7) is 30.3. The fraction of sp³-hybridized carbons (Fsp3) is 0.637. The first-order chi connectivity index (χ1) is 59.3. The van der Waals surface area contributed by atoms with Crippen LogP contribution in [0.25, 0.3) is 0 Å². The van der Waals surface area contributed by atoms with Gasteiger partial charge in [-0.15, -0.1) is 0 Å². The van der Waals surface area contributed by atoms with E-state index in [1.54, 1.807) is 0 Å². The van der Waals surface area contributed by atoms with Gasteiger partial charge in [0.2, 0.25) is 18.5 Å². The first-order valence-corrected chi connectivity index (χ1v) is 48.4. The number of ether oxygens (including phenoxy) is 13. The molecule has 0 aromatic rings. The lowest BCUT2D eigenvalue weighted by Gasteiger charge is -2.37. The first kappa shape index (κ1) is 103. The maximum Gasteiger partial charge on any atom is 0.337 e. The highest BCUT2D eigenvalue weighted by molar-refractivity contribution is 6.74. The Morgan fingerprint density at radius 1 is 0.389 bits per heavy atom. The molecule has 0 aromatic carbocycles. The Balaban J connectivity index is 0.000000183. The number of hydrogen-bond donors (Lipinski definition) is 9. The van der Waals surface area contributed by atoms with Crippen LogP contribution in [0, 0.1) is 94.7 Å². The number of esters is 8. The molecule has 35 heteroatoms. The van der Waals surface area contributed by atoms with Crippen molar-refractivity contribution in [3.8, 4) is 0 Å². The number of nitrogens with one attached hydrogen (secondary N) is 1. The summed E-state index contributed by atoms with van der Waals surface area (Å²) in [6.07, 6.45) is 19.9. The summed E-state index contributed by atoms with van der Waals surface area (Å²) < 4.78 is 76.8. The third-order valence-corrected chi connectivity index (χ3v) is 36.8. The number of hydrogen-bond acceptors (Lipinski definition) is 32. The maximum atomic E-state index is 12.2. The Bertz CT molecular complexity index is 4240. The fourth-order valence-electron chi connectivity index (χ4n) is 18.4. The summed E-state index contributed by atoms with van der Waals surface area (Å²) in [5.41, 5.74) is 7.62. The van der Waals surface area contributed by atoms with Gasteiger partial charge in [0.15, 0.2) is 22.9 Å². The van der Waals surface area contributed by atoms with E-state index in [1.165, 1.54) is 93.5 Å². The van der Waals surface area contributed by atoms with Gasteiger partial charge < -0.3 is 117 Å². The summed E-state index contributed by atoms with van der Waals surface area (Å²) >= 11 is 0. The van der Waals surface area contributed by atoms with Gasteiger partial charge in [0.05, 0.1) is 195 Å². The smallest absolute Gasteiger partial charge is 0.337 e. The zero-order chi connectivity index (χ0) is 93.7. The second kappa shape index (κ2) is 44.0. The summed E-state index contributed by atoms with van der Waals surface area (Å²) in [6, 6.07) is 0. The summed E-state index contributed by atoms with van der Waals surface area (Å²) in [5, 5.41) is 79.5. The molecule has 7 aliphatic heterocycles. The molecule has 126 heavy (non-hydrogen) atoms. The molecule has 1 amide bonds. The number of cyclic esters (lactones) is 1. The second-order valence-electron chi connectivity index (χ2n) is 36.6. The van der Waals surface area contributed by atoms with Gasteiger partial charge in [-0.05, 0) is 135 Å². The lowest BCUT2D eigenvalue weighted by Crippen LogP contribution is -2.42. The maximum absolute atomic E-state index is 12.2. The molecule has 0 bridgehead atoms. The molecular weight excluding hydrogens is 1680 g/mol. The van der Waals surface area contributed by atoms with Gasteiger partial charge in [-0.2, -0.15) is 0 Å². The molecule has 0 unspecified atom stereocenters. The monoisotopic (exact) mass is 1810 g/mol. The Labute approximate surface area is 738 Å². The molecule has 7 heterocycles.